The molecule has 2 aromatic rings. The molecule has 1 N–H and O–H groups in total. The third-order valence-electron chi connectivity index (χ3n) is 4.09. The second-order valence-corrected chi connectivity index (χ2v) is 7.88. The predicted molar refractivity (Wildman–Crippen MR) is 91.4 cm³/mol. The SMILES string of the molecule is C[C@@H](Cn1cncn1)NS(=O)(=O)c1ccc(C(=O)N2CCCC2)cc1. The summed E-state index contributed by atoms with van der Waals surface area (Å²) in [6.45, 7) is 3.66. The van der Waals surface area contributed by atoms with Gasteiger partial charge in [-0.3, -0.25) is 9.48 Å². The lowest BCUT2D eigenvalue weighted by molar-refractivity contribution is 0.0792. The van der Waals surface area contributed by atoms with Gasteiger partial charge in [0.2, 0.25) is 10.0 Å². The number of benzene rings is 1. The van der Waals surface area contributed by atoms with Crippen LogP contribution in [0, 0.1) is 0 Å². The molecule has 0 aliphatic carbocycles. The predicted octanol–water partition coefficient (Wildman–Crippen LogP) is 0.881. The van der Waals surface area contributed by atoms with E-state index in [2.05, 4.69) is 14.8 Å². The summed E-state index contributed by atoms with van der Waals surface area (Å²) in [5, 5.41) is 3.96. The van der Waals surface area contributed by atoms with E-state index in [1.54, 1.807) is 28.6 Å². The zero-order chi connectivity index (χ0) is 17.9. The highest BCUT2D eigenvalue weighted by atomic mass is 32.2. The number of carbonyl (C=O) groups excluding carboxylic acids is 1. The summed E-state index contributed by atoms with van der Waals surface area (Å²) < 4.78 is 29.1. The van der Waals surface area contributed by atoms with Crippen molar-refractivity contribution in [3.05, 3.63) is 42.5 Å². The Labute approximate surface area is 146 Å². The van der Waals surface area contributed by atoms with E-state index in [1.807, 2.05) is 0 Å². The van der Waals surface area contributed by atoms with Crippen LogP contribution in [0.3, 0.4) is 0 Å². The fourth-order valence-corrected chi connectivity index (χ4v) is 4.09. The van der Waals surface area contributed by atoms with Crippen molar-refractivity contribution in [3.63, 3.8) is 0 Å². The molecule has 1 aromatic heterocycles. The zero-order valence-corrected chi connectivity index (χ0v) is 14.8. The molecule has 0 saturated carbocycles. The topological polar surface area (TPSA) is 97.2 Å². The summed E-state index contributed by atoms with van der Waals surface area (Å²) in [5.41, 5.74) is 0.511. The highest BCUT2D eigenvalue weighted by Gasteiger charge is 2.21. The molecule has 8 nitrogen and oxygen atoms in total. The van der Waals surface area contributed by atoms with Crippen LogP contribution in [-0.2, 0) is 16.6 Å². The molecule has 1 atom stereocenters. The number of likely N-dealkylation sites (tertiary alicyclic amines) is 1. The van der Waals surface area contributed by atoms with Crippen LogP contribution in [0.25, 0.3) is 0 Å². The normalized spacial score (nSPS) is 16.1. The molecule has 1 fully saturated rings. The summed E-state index contributed by atoms with van der Waals surface area (Å²) in [7, 11) is -3.66. The Morgan fingerprint density at radius 2 is 1.92 bits per heavy atom. The monoisotopic (exact) mass is 363 g/mol. The Morgan fingerprint density at radius 3 is 2.52 bits per heavy atom. The molecule has 25 heavy (non-hydrogen) atoms. The van der Waals surface area contributed by atoms with E-state index in [0.717, 1.165) is 25.9 Å². The summed E-state index contributed by atoms with van der Waals surface area (Å²) in [5.74, 6) is -0.0473. The van der Waals surface area contributed by atoms with E-state index >= 15 is 0 Å². The van der Waals surface area contributed by atoms with Crippen molar-refractivity contribution in [3.8, 4) is 0 Å². The van der Waals surface area contributed by atoms with Gasteiger partial charge in [0.1, 0.15) is 12.7 Å². The highest BCUT2D eigenvalue weighted by molar-refractivity contribution is 7.89. The van der Waals surface area contributed by atoms with Gasteiger partial charge in [-0.05, 0) is 44.0 Å². The number of nitrogens with one attached hydrogen (secondary N) is 1. The van der Waals surface area contributed by atoms with Gasteiger partial charge in [0.25, 0.3) is 5.91 Å². The van der Waals surface area contributed by atoms with E-state index in [9.17, 15) is 13.2 Å². The van der Waals surface area contributed by atoms with E-state index in [4.69, 9.17) is 0 Å². The van der Waals surface area contributed by atoms with E-state index in [0.29, 0.717) is 12.1 Å². The third kappa shape index (κ3) is 4.23. The van der Waals surface area contributed by atoms with Gasteiger partial charge < -0.3 is 4.90 Å². The fourth-order valence-electron chi connectivity index (χ4n) is 2.86. The summed E-state index contributed by atoms with van der Waals surface area (Å²) >= 11 is 0. The van der Waals surface area contributed by atoms with Gasteiger partial charge in [-0.25, -0.2) is 18.1 Å². The highest BCUT2D eigenvalue weighted by Crippen LogP contribution is 2.16. The van der Waals surface area contributed by atoms with Crippen LogP contribution in [0.1, 0.15) is 30.1 Å². The summed E-state index contributed by atoms with van der Waals surface area (Å²) in [4.78, 5) is 18.1. The fraction of sp³-hybridized carbons (Fsp3) is 0.438. The molecule has 0 unspecified atom stereocenters. The minimum absolute atomic E-state index is 0.0473. The molecule has 9 heteroatoms. The second kappa shape index (κ2) is 7.32. The van der Waals surface area contributed by atoms with Gasteiger partial charge in [0.05, 0.1) is 11.4 Å². The Kier molecular flexibility index (Phi) is 5.14. The Balaban J connectivity index is 1.66. The lowest BCUT2D eigenvalue weighted by atomic mass is 10.2. The number of hydrogen-bond acceptors (Lipinski definition) is 5. The number of amides is 1. The third-order valence-corrected chi connectivity index (χ3v) is 5.69. The van der Waals surface area contributed by atoms with Crippen LogP contribution >= 0.6 is 0 Å². The molecule has 134 valence electrons. The number of aromatic nitrogens is 3. The van der Waals surface area contributed by atoms with Gasteiger partial charge in [-0.15, -0.1) is 0 Å². The summed E-state index contributed by atoms with van der Waals surface area (Å²) in [6, 6.07) is 5.72. The number of sulfonamides is 1. The zero-order valence-electron chi connectivity index (χ0n) is 14.0. The average Bonchev–Trinajstić information content (AvgIpc) is 3.27. The first-order valence-electron chi connectivity index (χ1n) is 8.20. The molecular formula is C16H21N5O3S. The van der Waals surface area contributed by atoms with Crippen LogP contribution in [0.4, 0.5) is 0 Å². The Hall–Kier alpha value is -2.26. The molecule has 1 amide bonds. The molecule has 1 aliphatic heterocycles. The van der Waals surface area contributed by atoms with Crippen LogP contribution in [0.2, 0.25) is 0 Å². The molecule has 3 rings (SSSR count). The van der Waals surface area contributed by atoms with Gasteiger partial charge in [0, 0.05) is 24.7 Å². The standard InChI is InChI=1S/C16H21N5O3S/c1-13(10-21-12-17-11-18-21)19-25(23,24)15-6-4-14(5-7-15)16(22)20-8-2-3-9-20/h4-7,11-13,19H,2-3,8-10H2,1H3/t13-/m0/s1. The first-order chi connectivity index (χ1) is 12.0. The molecule has 0 bridgehead atoms. The lowest BCUT2D eigenvalue weighted by Crippen LogP contribution is -2.35. The number of rotatable bonds is 6. The molecule has 0 spiro atoms. The van der Waals surface area contributed by atoms with Gasteiger partial charge >= 0.3 is 0 Å². The van der Waals surface area contributed by atoms with Crippen molar-refractivity contribution < 1.29 is 13.2 Å². The minimum atomic E-state index is -3.66. The molecule has 1 aromatic carbocycles. The van der Waals surface area contributed by atoms with E-state index in [1.165, 1.54) is 24.8 Å². The average molecular weight is 363 g/mol. The molecule has 0 radical (unpaired) electrons. The maximum atomic E-state index is 12.5. The van der Waals surface area contributed by atoms with Crippen molar-refractivity contribution >= 4 is 15.9 Å². The largest absolute Gasteiger partial charge is 0.339 e. The van der Waals surface area contributed by atoms with E-state index in [-0.39, 0.29) is 16.8 Å². The molecule has 1 aliphatic rings. The quantitative estimate of drug-likeness (QED) is 0.822. The molecule has 2 heterocycles. The van der Waals surface area contributed by atoms with Crippen molar-refractivity contribution in [1.29, 1.82) is 0 Å². The summed E-state index contributed by atoms with van der Waals surface area (Å²) in [6.07, 6.45) is 4.97. The number of nitrogens with zero attached hydrogens (tertiary/aromatic N) is 4. The van der Waals surface area contributed by atoms with Gasteiger partial charge in [-0.2, -0.15) is 5.10 Å². The van der Waals surface area contributed by atoms with Crippen molar-refractivity contribution in [1.82, 2.24) is 24.4 Å². The van der Waals surface area contributed by atoms with Crippen LogP contribution in [-0.4, -0.2) is 53.1 Å². The number of carbonyl (C=O) groups is 1. The van der Waals surface area contributed by atoms with Crippen molar-refractivity contribution in [2.45, 2.75) is 37.2 Å². The lowest BCUT2D eigenvalue weighted by Gasteiger charge is -2.16. The van der Waals surface area contributed by atoms with Crippen LogP contribution in [0.5, 0.6) is 0 Å². The van der Waals surface area contributed by atoms with Crippen molar-refractivity contribution in [2.75, 3.05) is 13.1 Å². The number of hydrogen-bond donors (Lipinski definition) is 1. The van der Waals surface area contributed by atoms with Gasteiger partial charge in [0.15, 0.2) is 0 Å². The molecule has 1 saturated heterocycles. The van der Waals surface area contributed by atoms with Crippen LogP contribution < -0.4 is 4.72 Å². The Morgan fingerprint density at radius 1 is 1.24 bits per heavy atom. The second-order valence-electron chi connectivity index (χ2n) is 6.16. The molecular weight excluding hydrogens is 342 g/mol. The Bertz CT molecular complexity index is 812. The van der Waals surface area contributed by atoms with Gasteiger partial charge in [-0.1, -0.05) is 0 Å². The maximum Gasteiger partial charge on any atom is 0.253 e. The van der Waals surface area contributed by atoms with Crippen LogP contribution in [0.15, 0.2) is 41.8 Å². The van der Waals surface area contributed by atoms with E-state index < -0.39 is 10.0 Å². The first-order valence-corrected chi connectivity index (χ1v) is 9.68. The maximum absolute atomic E-state index is 12.5. The smallest absolute Gasteiger partial charge is 0.253 e. The minimum Gasteiger partial charge on any atom is -0.339 e. The van der Waals surface area contributed by atoms with Crippen molar-refractivity contribution in [2.24, 2.45) is 0 Å². The first kappa shape index (κ1) is 17.6.